The highest BCUT2D eigenvalue weighted by Crippen LogP contribution is 2.41. The third kappa shape index (κ3) is 4.19. The van der Waals surface area contributed by atoms with Crippen LogP contribution in [0.5, 0.6) is 0 Å². The minimum atomic E-state index is -0.402. The molecule has 0 unspecified atom stereocenters. The standard InChI is InChI=1S/C27H28FN9O3/c28-22-10-18-12-32-36-24(18)11-21(22)20-2-1-3-23-26(20)27(17-4-7-37(36,16-39)8-5-17)33-35(23)15-25(40)31-13-19(29)14-34(30)6-9-38/h1-3,9-12,14,16-17H,4-8,13,15,29-30H2/p+1/b19-14-. The van der Waals surface area contributed by atoms with Crippen molar-refractivity contribution in [2.45, 2.75) is 25.3 Å². The Balaban J connectivity index is 1.42. The fourth-order valence-electron chi connectivity index (χ4n) is 5.86. The van der Waals surface area contributed by atoms with Crippen LogP contribution in [0.25, 0.3) is 32.9 Å². The van der Waals surface area contributed by atoms with Crippen molar-refractivity contribution < 1.29 is 18.8 Å². The van der Waals surface area contributed by atoms with Crippen LogP contribution >= 0.6 is 0 Å². The molecule has 5 N–H and O–H groups in total. The lowest BCUT2D eigenvalue weighted by atomic mass is 9.89. The summed E-state index contributed by atoms with van der Waals surface area (Å²) in [5, 5.41) is 14.7. The SMILES string of the molecule is N/C(=C\N(N)CC=O)CNC(=O)Cn1nc2c3c(cccc31)-c1cc3c(cnn3[N+]3(C=O)CCC2CC3)cc1F. The summed E-state index contributed by atoms with van der Waals surface area (Å²) in [5.41, 5.74) is 9.43. The number of piperidine rings is 1. The van der Waals surface area contributed by atoms with Gasteiger partial charge in [-0.2, -0.15) is 5.10 Å². The number of amides is 2. The predicted molar refractivity (Wildman–Crippen MR) is 146 cm³/mol. The lowest BCUT2D eigenvalue weighted by Crippen LogP contribution is -2.61. The van der Waals surface area contributed by atoms with Crippen LogP contribution in [0.15, 0.2) is 48.4 Å². The Kier molecular flexibility index (Phi) is 6.31. The minimum absolute atomic E-state index is 0.00961. The van der Waals surface area contributed by atoms with Crippen LogP contribution in [0, 0.1) is 5.82 Å². The van der Waals surface area contributed by atoms with Gasteiger partial charge < -0.3 is 20.9 Å². The molecule has 3 aliphatic heterocycles. The van der Waals surface area contributed by atoms with Crippen LogP contribution in [0.3, 0.4) is 0 Å². The topological polar surface area (TPSA) is 154 Å². The zero-order chi connectivity index (χ0) is 28.0. The smallest absolute Gasteiger partial charge is 0.327 e. The van der Waals surface area contributed by atoms with Gasteiger partial charge in [0.1, 0.15) is 37.3 Å². The van der Waals surface area contributed by atoms with Crippen LogP contribution in [-0.2, 0) is 20.9 Å². The number of carbonyl (C=O) groups is 3. The number of nitrogens with two attached hydrogens (primary N) is 2. The number of aromatic nitrogens is 4. The molecule has 40 heavy (non-hydrogen) atoms. The van der Waals surface area contributed by atoms with Gasteiger partial charge in [0, 0.05) is 47.0 Å². The zero-order valence-corrected chi connectivity index (χ0v) is 21.7. The molecule has 12 nitrogen and oxygen atoms in total. The van der Waals surface area contributed by atoms with Gasteiger partial charge in [-0.3, -0.25) is 9.48 Å². The highest BCUT2D eigenvalue weighted by atomic mass is 19.1. The van der Waals surface area contributed by atoms with Gasteiger partial charge in [-0.25, -0.2) is 15.0 Å². The molecule has 4 bridgehead atoms. The Bertz CT molecular complexity index is 1680. The number of nitrogens with zero attached hydrogens (tertiary/aromatic N) is 6. The second-order valence-electron chi connectivity index (χ2n) is 10.3. The molecule has 3 aliphatic rings. The van der Waals surface area contributed by atoms with Crippen molar-refractivity contribution in [2.24, 2.45) is 11.6 Å². The predicted octanol–water partition coefficient (Wildman–Crippen LogP) is 0.969. The molecular formula is C27H29FN9O3+. The van der Waals surface area contributed by atoms with Crippen molar-refractivity contribution in [3.8, 4) is 11.1 Å². The summed E-state index contributed by atoms with van der Waals surface area (Å²) in [5.74, 6) is 4.92. The first kappa shape index (κ1) is 25.6. The van der Waals surface area contributed by atoms with E-state index in [-0.39, 0.29) is 41.7 Å². The molecule has 1 fully saturated rings. The van der Waals surface area contributed by atoms with Gasteiger partial charge in [0.25, 0.3) is 0 Å². The fourth-order valence-corrected chi connectivity index (χ4v) is 5.86. The Morgan fingerprint density at radius 1 is 1.20 bits per heavy atom. The quantitative estimate of drug-likeness (QED) is 0.128. The van der Waals surface area contributed by atoms with Crippen LogP contribution in [0.4, 0.5) is 4.39 Å². The monoisotopic (exact) mass is 546 g/mol. The lowest BCUT2D eigenvalue weighted by Gasteiger charge is -2.36. The normalized spacial score (nSPS) is 20.1. The maximum absolute atomic E-state index is 15.6. The van der Waals surface area contributed by atoms with Crippen LogP contribution in [-0.4, -0.2) is 69.5 Å². The number of quaternary nitrogens is 1. The van der Waals surface area contributed by atoms with Crippen LogP contribution < -0.4 is 21.5 Å². The maximum Gasteiger partial charge on any atom is 0.327 e. The van der Waals surface area contributed by atoms with Crippen molar-refractivity contribution in [2.75, 3.05) is 26.2 Å². The number of hydrogen-bond donors (Lipinski definition) is 3. The average Bonchev–Trinajstić information content (AvgIpc) is 3.52. The summed E-state index contributed by atoms with van der Waals surface area (Å²) >= 11 is 0. The van der Waals surface area contributed by atoms with Crippen molar-refractivity contribution in [1.29, 1.82) is 0 Å². The zero-order valence-electron chi connectivity index (χ0n) is 21.7. The van der Waals surface area contributed by atoms with Gasteiger partial charge in [-0.15, -0.1) is 9.69 Å². The number of rotatable bonds is 8. The van der Waals surface area contributed by atoms with Gasteiger partial charge >= 0.3 is 6.41 Å². The largest absolute Gasteiger partial charge is 0.399 e. The molecule has 2 aromatic carbocycles. The van der Waals surface area contributed by atoms with E-state index >= 15 is 4.39 Å². The summed E-state index contributed by atoms with van der Waals surface area (Å²) in [6.45, 7) is 0.965. The van der Waals surface area contributed by atoms with Crippen molar-refractivity contribution in [3.05, 3.63) is 59.9 Å². The molecule has 7 rings (SSSR count). The molecule has 206 valence electrons. The molecule has 13 heteroatoms. The Labute approximate surface area is 228 Å². The van der Waals surface area contributed by atoms with E-state index in [0.29, 0.717) is 59.8 Å². The Morgan fingerprint density at radius 3 is 2.75 bits per heavy atom. The minimum Gasteiger partial charge on any atom is -0.399 e. The summed E-state index contributed by atoms with van der Waals surface area (Å²) in [6, 6.07) is 8.76. The Hall–Kier alpha value is -4.62. The van der Waals surface area contributed by atoms with Gasteiger partial charge in [-0.1, -0.05) is 16.9 Å². The number of nitrogens with one attached hydrogen (secondary N) is 1. The fraction of sp³-hybridized carbons (Fsp3) is 0.296. The number of carbonyl (C=O) groups excluding carboxylic acids is 3. The van der Waals surface area contributed by atoms with Gasteiger partial charge in [0.15, 0.2) is 0 Å². The molecule has 4 aromatic rings. The summed E-state index contributed by atoms with van der Waals surface area (Å²) in [4.78, 5) is 37.7. The maximum atomic E-state index is 15.6. The molecule has 2 aromatic heterocycles. The van der Waals surface area contributed by atoms with Crippen molar-refractivity contribution in [3.63, 3.8) is 0 Å². The van der Waals surface area contributed by atoms with Crippen molar-refractivity contribution >= 4 is 40.4 Å². The number of halogens is 1. The van der Waals surface area contributed by atoms with E-state index in [2.05, 4.69) is 10.4 Å². The van der Waals surface area contributed by atoms with Gasteiger partial charge in [0.2, 0.25) is 5.91 Å². The van der Waals surface area contributed by atoms with Gasteiger partial charge in [0.05, 0.1) is 30.5 Å². The molecule has 0 radical (unpaired) electrons. The first-order valence-electron chi connectivity index (χ1n) is 13.0. The number of fused-ring (bicyclic) bond motifs is 2. The number of benzene rings is 2. The first-order valence-corrected chi connectivity index (χ1v) is 13.0. The van der Waals surface area contributed by atoms with E-state index in [1.54, 1.807) is 21.7 Å². The number of hydrogen-bond acceptors (Lipinski definition) is 8. The highest BCUT2D eigenvalue weighted by molar-refractivity contribution is 6.00. The molecule has 0 saturated carbocycles. The molecule has 0 aliphatic carbocycles. The number of hydrazine groups is 1. The molecule has 5 heterocycles. The van der Waals surface area contributed by atoms with E-state index in [4.69, 9.17) is 16.7 Å². The van der Waals surface area contributed by atoms with E-state index in [0.717, 1.165) is 22.5 Å². The summed E-state index contributed by atoms with van der Waals surface area (Å²) in [6.07, 6.45) is 5.87. The van der Waals surface area contributed by atoms with E-state index < -0.39 is 5.82 Å². The molecule has 0 spiro atoms. The second-order valence-corrected chi connectivity index (χ2v) is 10.3. The van der Waals surface area contributed by atoms with E-state index in [1.165, 1.54) is 12.3 Å². The second kappa shape index (κ2) is 9.84. The number of aldehydes is 1. The molecule has 1 saturated heterocycles. The third-order valence-electron chi connectivity index (χ3n) is 7.82. The molecule has 2 amide bonds. The van der Waals surface area contributed by atoms with Gasteiger partial charge in [-0.05, 0) is 23.8 Å². The van der Waals surface area contributed by atoms with E-state index in [1.807, 2.05) is 18.2 Å². The van der Waals surface area contributed by atoms with Crippen LogP contribution in [0.1, 0.15) is 24.5 Å². The van der Waals surface area contributed by atoms with Crippen LogP contribution in [0.2, 0.25) is 0 Å². The Morgan fingerprint density at radius 2 is 2.00 bits per heavy atom. The molecular weight excluding hydrogens is 517 g/mol. The average molecular weight is 547 g/mol. The molecule has 0 atom stereocenters. The summed E-state index contributed by atoms with van der Waals surface area (Å²) in [7, 11) is 0. The lowest BCUT2D eigenvalue weighted by molar-refractivity contribution is -0.126. The summed E-state index contributed by atoms with van der Waals surface area (Å²) < 4.78 is 17.2. The highest BCUT2D eigenvalue weighted by Gasteiger charge is 2.41. The van der Waals surface area contributed by atoms with Crippen molar-refractivity contribution in [1.82, 2.24) is 34.6 Å². The first-order chi connectivity index (χ1) is 19.3. The van der Waals surface area contributed by atoms with E-state index in [9.17, 15) is 14.4 Å². The third-order valence-corrected chi connectivity index (χ3v) is 7.82.